The van der Waals surface area contributed by atoms with Crippen LogP contribution in [0.5, 0.6) is 0 Å². The highest BCUT2D eigenvalue weighted by atomic mass is 32.1. The fraction of sp³-hybridized carbons (Fsp3) is 0.417. The van der Waals surface area contributed by atoms with Gasteiger partial charge in [0, 0.05) is 24.9 Å². The minimum atomic E-state index is 0.0779. The largest absolute Gasteiger partial charge is 0.326 e. The maximum absolute atomic E-state index is 6.10. The normalized spacial score (nSPS) is 14.9. The zero-order valence-corrected chi connectivity index (χ0v) is 10.4. The van der Waals surface area contributed by atoms with Gasteiger partial charge in [-0.1, -0.05) is 6.92 Å². The Labute approximate surface area is 99.9 Å². The van der Waals surface area contributed by atoms with E-state index in [0.29, 0.717) is 0 Å². The summed E-state index contributed by atoms with van der Waals surface area (Å²) in [6.45, 7) is 4.16. The van der Waals surface area contributed by atoms with Crippen molar-refractivity contribution in [3.63, 3.8) is 0 Å². The first kappa shape index (κ1) is 11.4. The Bertz CT molecular complexity index is 431. The van der Waals surface area contributed by atoms with Crippen LogP contribution in [0, 0.1) is 0 Å². The number of imidazole rings is 1. The Hall–Kier alpha value is -1.13. The van der Waals surface area contributed by atoms with Crippen LogP contribution >= 0.6 is 11.3 Å². The van der Waals surface area contributed by atoms with Crippen molar-refractivity contribution in [1.82, 2.24) is 9.55 Å². The first-order valence-corrected chi connectivity index (χ1v) is 6.47. The lowest BCUT2D eigenvalue weighted by Gasteiger charge is -2.23. The van der Waals surface area contributed by atoms with Gasteiger partial charge in [-0.05, 0) is 29.3 Å². The summed E-state index contributed by atoms with van der Waals surface area (Å²) in [6, 6.07) is 2.41. The van der Waals surface area contributed by atoms with E-state index in [9.17, 15) is 0 Å². The smallest absolute Gasteiger partial charge is 0.108 e. The number of nitrogens with two attached hydrogens (primary N) is 1. The summed E-state index contributed by atoms with van der Waals surface area (Å²) >= 11 is 1.71. The Kier molecular flexibility index (Phi) is 3.41. The fourth-order valence-electron chi connectivity index (χ4n) is 2.03. The predicted octanol–water partition coefficient (Wildman–Crippen LogP) is 2.44. The molecule has 0 aliphatic rings. The van der Waals surface area contributed by atoms with Gasteiger partial charge in [0.05, 0.1) is 6.04 Å². The van der Waals surface area contributed by atoms with Gasteiger partial charge < -0.3 is 10.3 Å². The number of aryl methyl sites for hydroxylation is 1. The van der Waals surface area contributed by atoms with E-state index >= 15 is 0 Å². The Morgan fingerprint density at radius 2 is 2.38 bits per heavy atom. The van der Waals surface area contributed by atoms with E-state index in [-0.39, 0.29) is 12.1 Å². The molecule has 16 heavy (non-hydrogen) atoms. The van der Waals surface area contributed by atoms with Gasteiger partial charge in [-0.3, -0.25) is 0 Å². The lowest BCUT2D eigenvalue weighted by Crippen LogP contribution is -2.30. The fourth-order valence-corrected chi connectivity index (χ4v) is 2.72. The van der Waals surface area contributed by atoms with Crippen molar-refractivity contribution in [2.75, 3.05) is 0 Å². The molecule has 4 heteroatoms. The summed E-state index contributed by atoms with van der Waals surface area (Å²) in [5, 5.41) is 4.25. The quantitative estimate of drug-likeness (QED) is 0.884. The second kappa shape index (κ2) is 4.80. The second-order valence-electron chi connectivity index (χ2n) is 3.96. The predicted molar refractivity (Wildman–Crippen MR) is 67.7 cm³/mol. The van der Waals surface area contributed by atoms with E-state index in [1.54, 1.807) is 11.3 Å². The zero-order chi connectivity index (χ0) is 11.5. The van der Waals surface area contributed by atoms with Crippen molar-refractivity contribution in [3.05, 3.63) is 40.6 Å². The molecule has 0 amide bonds. The molecule has 0 bridgehead atoms. The summed E-state index contributed by atoms with van der Waals surface area (Å²) in [7, 11) is 0. The highest BCUT2D eigenvalue weighted by Crippen LogP contribution is 2.24. The summed E-state index contributed by atoms with van der Waals surface area (Å²) in [5.41, 5.74) is 7.37. The van der Waals surface area contributed by atoms with Crippen LogP contribution in [0.25, 0.3) is 0 Å². The average Bonchev–Trinajstić information content (AvgIpc) is 2.88. The topological polar surface area (TPSA) is 43.8 Å². The molecule has 2 rings (SSSR count). The number of rotatable bonds is 4. The van der Waals surface area contributed by atoms with E-state index < -0.39 is 0 Å². The van der Waals surface area contributed by atoms with E-state index in [0.717, 1.165) is 12.2 Å². The number of thiophene rings is 1. The van der Waals surface area contributed by atoms with Crippen LogP contribution in [-0.2, 0) is 6.42 Å². The van der Waals surface area contributed by atoms with Gasteiger partial charge >= 0.3 is 0 Å². The van der Waals surface area contributed by atoms with E-state index in [2.05, 4.69) is 33.3 Å². The monoisotopic (exact) mass is 235 g/mol. The van der Waals surface area contributed by atoms with Gasteiger partial charge in [0.15, 0.2) is 0 Å². The molecule has 0 spiro atoms. The van der Waals surface area contributed by atoms with Gasteiger partial charge in [-0.25, -0.2) is 4.98 Å². The molecule has 86 valence electrons. The molecule has 0 aliphatic heterocycles. The van der Waals surface area contributed by atoms with Gasteiger partial charge in [-0.15, -0.1) is 0 Å². The molecule has 2 unspecified atom stereocenters. The molecule has 2 heterocycles. The number of hydrogen-bond donors (Lipinski definition) is 1. The van der Waals surface area contributed by atoms with Crippen molar-refractivity contribution >= 4 is 11.3 Å². The molecule has 3 nitrogen and oxygen atoms in total. The molecule has 2 aromatic heterocycles. The van der Waals surface area contributed by atoms with Gasteiger partial charge in [0.25, 0.3) is 0 Å². The summed E-state index contributed by atoms with van der Waals surface area (Å²) < 4.78 is 2.19. The van der Waals surface area contributed by atoms with Crippen LogP contribution in [0.2, 0.25) is 0 Å². The molecule has 0 saturated carbocycles. The van der Waals surface area contributed by atoms with Gasteiger partial charge in [0.2, 0.25) is 0 Å². The number of nitrogens with zero attached hydrogens (tertiary/aromatic N) is 2. The third-order valence-corrected chi connectivity index (χ3v) is 3.45. The summed E-state index contributed by atoms with van der Waals surface area (Å²) in [6.07, 6.45) is 4.80. The lowest BCUT2D eigenvalue weighted by atomic mass is 10.0. The molecule has 2 aromatic rings. The number of hydrogen-bond acceptors (Lipinski definition) is 3. The first-order chi connectivity index (χ1) is 7.74. The molecule has 0 aromatic carbocycles. The maximum atomic E-state index is 6.10. The van der Waals surface area contributed by atoms with Crippen molar-refractivity contribution in [2.45, 2.75) is 32.4 Å². The summed E-state index contributed by atoms with van der Waals surface area (Å²) in [5.74, 6) is 1.09. The van der Waals surface area contributed by atoms with Gasteiger partial charge in [-0.2, -0.15) is 11.3 Å². The molecule has 0 fully saturated rings. The Balaban J connectivity index is 2.41. The molecule has 0 aliphatic carbocycles. The van der Waals surface area contributed by atoms with Crippen LogP contribution in [-0.4, -0.2) is 15.6 Å². The Morgan fingerprint density at radius 1 is 1.56 bits per heavy atom. The van der Waals surface area contributed by atoms with Gasteiger partial charge in [0.1, 0.15) is 5.82 Å². The second-order valence-corrected chi connectivity index (χ2v) is 4.74. The van der Waals surface area contributed by atoms with Crippen LogP contribution < -0.4 is 5.73 Å². The van der Waals surface area contributed by atoms with Crippen molar-refractivity contribution in [2.24, 2.45) is 5.73 Å². The minimum Gasteiger partial charge on any atom is -0.326 e. The van der Waals surface area contributed by atoms with E-state index in [1.165, 1.54) is 5.56 Å². The van der Waals surface area contributed by atoms with E-state index in [4.69, 9.17) is 5.73 Å². The highest BCUT2D eigenvalue weighted by Gasteiger charge is 2.20. The van der Waals surface area contributed by atoms with Crippen molar-refractivity contribution in [1.29, 1.82) is 0 Å². The maximum Gasteiger partial charge on any atom is 0.108 e. The molecule has 0 saturated heterocycles. The molecule has 2 N–H and O–H groups in total. The van der Waals surface area contributed by atoms with Crippen LogP contribution in [0.1, 0.15) is 31.3 Å². The summed E-state index contributed by atoms with van der Waals surface area (Å²) in [4.78, 5) is 4.36. The van der Waals surface area contributed by atoms with Crippen LogP contribution in [0.3, 0.4) is 0 Å². The van der Waals surface area contributed by atoms with Crippen molar-refractivity contribution in [3.8, 4) is 0 Å². The molecule has 0 radical (unpaired) electrons. The third-order valence-electron chi connectivity index (χ3n) is 2.75. The average molecular weight is 235 g/mol. The third kappa shape index (κ3) is 2.03. The Morgan fingerprint density at radius 3 is 2.94 bits per heavy atom. The van der Waals surface area contributed by atoms with Crippen molar-refractivity contribution < 1.29 is 0 Å². The standard InChI is InChI=1S/C12H17N3S/c1-3-11-14-5-6-15(11)12(9(2)13)10-4-7-16-8-10/h4-9,12H,3,13H2,1-2H3. The molecular weight excluding hydrogens is 218 g/mol. The van der Waals surface area contributed by atoms with Crippen LogP contribution in [0.15, 0.2) is 29.2 Å². The minimum absolute atomic E-state index is 0.0779. The molecule has 2 atom stereocenters. The zero-order valence-electron chi connectivity index (χ0n) is 9.63. The molecular formula is C12H17N3S. The lowest BCUT2D eigenvalue weighted by molar-refractivity contribution is 0.482. The first-order valence-electron chi connectivity index (χ1n) is 5.53. The SMILES string of the molecule is CCc1nccn1C(c1ccsc1)C(C)N. The van der Waals surface area contributed by atoms with Crippen LogP contribution in [0.4, 0.5) is 0 Å². The number of aromatic nitrogens is 2. The highest BCUT2D eigenvalue weighted by molar-refractivity contribution is 7.07. The van der Waals surface area contributed by atoms with E-state index in [1.807, 2.05) is 19.3 Å².